The number of thiazole rings is 1. The smallest absolute Gasteiger partial charge is 0.186 e. The zero-order chi connectivity index (χ0) is 23.4. The molecule has 1 saturated heterocycles. The first kappa shape index (κ1) is 24.4. The lowest BCUT2D eigenvalue weighted by Gasteiger charge is -2.48. The number of phenolic OH excluding ortho intramolecular Hbond substituents is 1. The van der Waals surface area contributed by atoms with Crippen LogP contribution in [0.4, 0.5) is 5.13 Å². The Morgan fingerprint density at radius 1 is 1.06 bits per heavy atom. The van der Waals surface area contributed by atoms with Crippen LogP contribution in [-0.4, -0.2) is 49.4 Å². The third kappa shape index (κ3) is 4.76. The highest BCUT2D eigenvalue weighted by Gasteiger charge is 2.39. The fourth-order valence-electron chi connectivity index (χ4n) is 5.14. The largest absolute Gasteiger partial charge is 0.507 e. The summed E-state index contributed by atoms with van der Waals surface area (Å²) in [7, 11) is 2.15. The number of aromatic amines is 1. The summed E-state index contributed by atoms with van der Waals surface area (Å²) in [5.74, 6) is 0.184. The third-order valence-electron chi connectivity index (χ3n) is 6.35. The minimum Gasteiger partial charge on any atom is -0.507 e. The Hall–Kier alpha value is -2.68. The van der Waals surface area contributed by atoms with Gasteiger partial charge in [-0.05, 0) is 64.8 Å². The summed E-state index contributed by atoms with van der Waals surface area (Å²) in [6, 6.07) is 9.86. The van der Waals surface area contributed by atoms with E-state index in [4.69, 9.17) is 4.98 Å². The SMILES string of the molecule is CN(c1nc2cnc(-c3ccc(-c4cc[nH]n4)cc3O)cc2s1)C1CC(C)(C)NC(C)(C)C1.Cl. The summed E-state index contributed by atoms with van der Waals surface area (Å²) in [5, 5.41) is 22.4. The highest BCUT2D eigenvalue weighted by atomic mass is 35.5. The van der Waals surface area contributed by atoms with E-state index in [-0.39, 0.29) is 29.2 Å². The molecule has 1 aliphatic rings. The number of aromatic nitrogens is 4. The lowest BCUT2D eigenvalue weighted by molar-refractivity contribution is 0.161. The van der Waals surface area contributed by atoms with E-state index in [1.165, 1.54) is 0 Å². The van der Waals surface area contributed by atoms with E-state index >= 15 is 0 Å². The van der Waals surface area contributed by atoms with Gasteiger partial charge in [-0.25, -0.2) is 4.98 Å². The zero-order valence-corrected chi connectivity index (χ0v) is 21.7. The van der Waals surface area contributed by atoms with Crippen molar-refractivity contribution in [3.05, 3.63) is 42.7 Å². The van der Waals surface area contributed by atoms with Crippen LogP contribution >= 0.6 is 23.7 Å². The van der Waals surface area contributed by atoms with Crippen LogP contribution in [0.5, 0.6) is 5.75 Å². The maximum absolute atomic E-state index is 10.7. The Labute approximate surface area is 210 Å². The van der Waals surface area contributed by atoms with Crippen LogP contribution in [0.3, 0.4) is 0 Å². The molecule has 34 heavy (non-hydrogen) atoms. The van der Waals surface area contributed by atoms with Crippen LogP contribution in [0.1, 0.15) is 40.5 Å². The number of anilines is 1. The number of fused-ring (bicyclic) bond motifs is 1. The van der Waals surface area contributed by atoms with E-state index in [0.717, 1.165) is 45.1 Å². The van der Waals surface area contributed by atoms with Gasteiger partial charge in [0.15, 0.2) is 5.13 Å². The number of piperidine rings is 1. The Balaban J connectivity index is 0.00000274. The Morgan fingerprint density at radius 2 is 1.79 bits per heavy atom. The lowest BCUT2D eigenvalue weighted by atomic mass is 9.79. The molecule has 0 spiro atoms. The van der Waals surface area contributed by atoms with Crippen molar-refractivity contribution in [3.63, 3.8) is 0 Å². The minimum atomic E-state index is 0. The number of H-pyrrole nitrogens is 1. The molecule has 5 rings (SSSR count). The quantitative estimate of drug-likeness (QED) is 0.338. The number of hydrogen-bond donors (Lipinski definition) is 3. The van der Waals surface area contributed by atoms with Gasteiger partial charge in [-0.2, -0.15) is 5.10 Å². The number of aromatic hydroxyl groups is 1. The molecule has 0 unspecified atom stereocenters. The van der Waals surface area contributed by atoms with Gasteiger partial charge in [0, 0.05) is 41.5 Å². The summed E-state index contributed by atoms with van der Waals surface area (Å²) >= 11 is 1.67. The normalized spacial score (nSPS) is 17.4. The van der Waals surface area contributed by atoms with Crippen molar-refractivity contribution >= 4 is 39.1 Å². The number of phenols is 1. The highest BCUT2D eigenvalue weighted by Crippen LogP contribution is 2.38. The van der Waals surface area contributed by atoms with Gasteiger partial charge in [-0.15, -0.1) is 12.4 Å². The second-order valence-electron chi connectivity index (χ2n) is 10.3. The Kier molecular flexibility index (Phi) is 6.35. The van der Waals surface area contributed by atoms with Crippen LogP contribution < -0.4 is 10.2 Å². The third-order valence-corrected chi connectivity index (χ3v) is 7.46. The van der Waals surface area contributed by atoms with Crippen LogP contribution in [0.2, 0.25) is 0 Å². The molecule has 4 heterocycles. The number of hydrogen-bond acceptors (Lipinski definition) is 7. The van der Waals surface area contributed by atoms with E-state index in [9.17, 15) is 5.11 Å². The number of halogens is 1. The molecule has 0 aliphatic carbocycles. The molecule has 0 saturated carbocycles. The van der Waals surface area contributed by atoms with E-state index in [1.807, 2.05) is 24.3 Å². The average molecular weight is 499 g/mol. The fourth-order valence-corrected chi connectivity index (χ4v) is 6.15. The topological polar surface area (TPSA) is 90.0 Å². The molecule has 3 N–H and O–H groups in total. The molecule has 0 radical (unpaired) electrons. The van der Waals surface area contributed by atoms with E-state index in [2.05, 4.69) is 60.1 Å². The molecule has 4 aromatic rings. The average Bonchev–Trinajstić information content (AvgIpc) is 3.40. The summed E-state index contributed by atoms with van der Waals surface area (Å²) in [6.07, 6.45) is 5.68. The Bertz CT molecular complexity index is 1280. The van der Waals surface area contributed by atoms with Gasteiger partial charge >= 0.3 is 0 Å². The maximum Gasteiger partial charge on any atom is 0.186 e. The van der Waals surface area contributed by atoms with Crippen molar-refractivity contribution in [1.82, 2.24) is 25.5 Å². The van der Waals surface area contributed by atoms with Crippen LogP contribution in [-0.2, 0) is 0 Å². The van der Waals surface area contributed by atoms with Crippen LogP contribution in [0, 0.1) is 0 Å². The zero-order valence-electron chi connectivity index (χ0n) is 20.1. The first-order chi connectivity index (χ1) is 15.6. The molecule has 1 aromatic carbocycles. The summed E-state index contributed by atoms with van der Waals surface area (Å²) < 4.78 is 1.06. The van der Waals surface area contributed by atoms with Crippen molar-refractivity contribution in [1.29, 1.82) is 0 Å². The molecule has 9 heteroatoms. The first-order valence-electron chi connectivity index (χ1n) is 11.2. The molecule has 0 bridgehead atoms. The second kappa shape index (κ2) is 8.83. The molecule has 1 fully saturated rings. The van der Waals surface area contributed by atoms with Gasteiger partial charge in [-0.1, -0.05) is 17.4 Å². The minimum absolute atomic E-state index is 0. The van der Waals surface area contributed by atoms with Gasteiger partial charge in [0.2, 0.25) is 0 Å². The van der Waals surface area contributed by atoms with Crippen LogP contribution in [0.15, 0.2) is 42.7 Å². The van der Waals surface area contributed by atoms with Gasteiger partial charge in [0.05, 0.1) is 22.3 Å². The van der Waals surface area contributed by atoms with E-state index < -0.39 is 0 Å². The van der Waals surface area contributed by atoms with Gasteiger partial charge in [0.1, 0.15) is 11.3 Å². The lowest BCUT2D eigenvalue weighted by Crippen LogP contribution is -2.61. The number of nitrogens with one attached hydrogen (secondary N) is 2. The maximum atomic E-state index is 10.7. The molecule has 180 valence electrons. The van der Waals surface area contributed by atoms with Crippen molar-refractivity contribution in [2.45, 2.75) is 57.7 Å². The number of rotatable bonds is 4. The first-order valence-corrected chi connectivity index (χ1v) is 12.0. The summed E-state index contributed by atoms with van der Waals surface area (Å²) in [6.45, 7) is 9.08. The predicted molar refractivity (Wildman–Crippen MR) is 142 cm³/mol. The molecule has 3 aromatic heterocycles. The molecular weight excluding hydrogens is 468 g/mol. The number of nitrogens with zero attached hydrogens (tertiary/aromatic N) is 4. The molecule has 7 nitrogen and oxygen atoms in total. The van der Waals surface area contributed by atoms with Crippen molar-refractivity contribution in [2.24, 2.45) is 0 Å². The standard InChI is InChI=1S/C25H30N6OS.ClH/c1-24(2)12-16(13-25(3,4)30-24)31(5)23-28-20-14-26-19(11-22(20)33-23)17-7-6-15(10-21(17)32)18-8-9-27-29-18;/h6-11,14,16,30,32H,12-13H2,1-5H3,(H,27,29);1H. The summed E-state index contributed by atoms with van der Waals surface area (Å²) in [5.41, 5.74) is 4.10. The molecule has 1 aliphatic heterocycles. The molecule has 0 amide bonds. The second-order valence-corrected chi connectivity index (χ2v) is 11.3. The molecule has 0 atom stereocenters. The highest BCUT2D eigenvalue weighted by molar-refractivity contribution is 7.22. The monoisotopic (exact) mass is 498 g/mol. The van der Waals surface area contributed by atoms with E-state index in [0.29, 0.717) is 11.6 Å². The van der Waals surface area contributed by atoms with Gasteiger partial charge in [-0.3, -0.25) is 10.1 Å². The van der Waals surface area contributed by atoms with Crippen molar-refractivity contribution < 1.29 is 5.11 Å². The summed E-state index contributed by atoms with van der Waals surface area (Å²) in [4.78, 5) is 11.8. The Morgan fingerprint density at radius 3 is 2.44 bits per heavy atom. The van der Waals surface area contributed by atoms with Crippen LogP contribution in [0.25, 0.3) is 32.7 Å². The van der Waals surface area contributed by atoms with Crippen molar-refractivity contribution in [2.75, 3.05) is 11.9 Å². The van der Waals surface area contributed by atoms with E-state index in [1.54, 1.807) is 29.8 Å². The fraction of sp³-hybridized carbons (Fsp3) is 0.400. The van der Waals surface area contributed by atoms with Gasteiger partial charge in [0.25, 0.3) is 0 Å². The number of benzene rings is 1. The molecular formula is C25H31ClN6OS. The van der Waals surface area contributed by atoms with Gasteiger partial charge < -0.3 is 15.3 Å². The number of pyridine rings is 1. The predicted octanol–water partition coefficient (Wildman–Crippen LogP) is 5.62. The van der Waals surface area contributed by atoms with Crippen molar-refractivity contribution in [3.8, 4) is 28.3 Å².